The van der Waals surface area contributed by atoms with Gasteiger partial charge in [-0.2, -0.15) is 5.26 Å². The highest BCUT2D eigenvalue weighted by molar-refractivity contribution is 5.74. The van der Waals surface area contributed by atoms with Gasteiger partial charge in [-0.1, -0.05) is 0 Å². The number of anilines is 1. The zero-order chi connectivity index (χ0) is 17.0. The molecular formula is C15H17N3O5. The summed E-state index contributed by atoms with van der Waals surface area (Å²) in [6, 6.07) is 6.20. The van der Waals surface area contributed by atoms with Gasteiger partial charge in [0, 0.05) is 19.2 Å². The molecule has 0 bridgehead atoms. The molecule has 0 amide bonds. The SMILES string of the molecule is COC(=O)[C@@H](O)C1CCN(c2cc(C#N)ccc2[N+](=O)[O-])CC1. The van der Waals surface area contributed by atoms with E-state index in [0.29, 0.717) is 37.2 Å². The summed E-state index contributed by atoms with van der Waals surface area (Å²) in [5.41, 5.74) is 0.679. The Bertz CT molecular complexity index is 647. The number of nitro groups is 1. The lowest BCUT2D eigenvalue weighted by Gasteiger charge is -2.34. The third-order valence-corrected chi connectivity index (χ3v) is 4.07. The molecule has 0 saturated carbocycles. The summed E-state index contributed by atoms with van der Waals surface area (Å²) in [5.74, 6) is -0.905. The fraction of sp³-hybridized carbons (Fsp3) is 0.467. The zero-order valence-corrected chi connectivity index (χ0v) is 12.6. The monoisotopic (exact) mass is 319 g/mol. The van der Waals surface area contributed by atoms with Crippen LogP contribution in [-0.4, -0.2) is 42.3 Å². The summed E-state index contributed by atoms with van der Waals surface area (Å²) in [6.45, 7) is 0.906. The fourth-order valence-corrected chi connectivity index (χ4v) is 2.77. The topological polar surface area (TPSA) is 117 Å². The number of ether oxygens (including phenoxy) is 1. The van der Waals surface area contributed by atoms with Crippen molar-refractivity contribution < 1.29 is 19.6 Å². The van der Waals surface area contributed by atoms with Crippen LogP contribution in [0.4, 0.5) is 11.4 Å². The number of nitro benzene ring substituents is 1. The number of esters is 1. The van der Waals surface area contributed by atoms with Crippen molar-refractivity contribution in [2.24, 2.45) is 5.92 Å². The van der Waals surface area contributed by atoms with E-state index in [4.69, 9.17) is 5.26 Å². The molecule has 0 aromatic heterocycles. The van der Waals surface area contributed by atoms with E-state index in [2.05, 4.69) is 4.74 Å². The normalized spacial score (nSPS) is 16.5. The first-order valence-corrected chi connectivity index (χ1v) is 7.17. The minimum absolute atomic E-state index is 0.0593. The molecule has 0 radical (unpaired) electrons. The molecule has 1 aromatic rings. The van der Waals surface area contributed by atoms with Crippen molar-refractivity contribution in [2.75, 3.05) is 25.1 Å². The van der Waals surface area contributed by atoms with Gasteiger partial charge in [-0.15, -0.1) is 0 Å². The van der Waals surface area contributed by atoms with Crippen LogP contribution in [0.5, 0.6) is 0 Å². The number of methoxy groups -OCH3 is 1. The number of aliphatic hydroxyl groups is 1. The maximum absolute atomic E-state index is 11.4. The minimum atomic E-state index is -1.18. The summed E-state index contributed by atoms with van der Waals surface area (Å²) >= 11 is 0. The first-order chi connectivity index (χ1) is 11.0. The van der Waals surface area contributed by atoms with Gasteiger partial charge in [0.15, 0.2) is 6.10 Å². The standard InChI is InChI=1S/C15H17N3O5/c1-23-15(20)14(19)11-4-6-17(7-5-11)13-8-10(9-16)2-3-12(13)18(21)22/h2-3,8,11,14,19H,4-7H2,1H3/t14-/m0/s1. The van der Waals surface area contributed by atoms with E-state index in [9.17, 15) is 20.0 Å². The van der Waals surface area contributed by atoms with E-state index in [1.54, 1.807) is 4.90 Å². The number of piperidine rings is 1. The van der Waals surface area contributed by atoms with Gasteiger partial charge in [0.05, 0.1) is 23.7 Å². The van der Waals surface area contributed by atoms with Gasteiger partial charge in [0.2, 0.25) is 0 Å². The molecule has 0 aliphatic carbocycles. The molecule has 1 aromatic carbocycles. The van der Waals surface area contributed by atoms with Gasteiger partial charge in [-0.25, -0.2) is 4.79 Å². The van der Waals surface area contributed by atoms with Gasteiger partial charge in [-0.05, 0) is 30.9 Å². The number of hydrogen-bond acceptors (Lipinski definition) is 7. The van der Waals surface area contributed by atoms with Crippen molar-refractivity contribution in [3.63, 3.8) is 0 Å². The number of carbonyl (C=O) groups is 1. The summed E-state index contributed by atoms with van der Waals surface area (Å²) in [6.07, 6.45) is -0.170. The molecule has 1 N–H and O–H groups in total. The lowest BCUT2D eigenvalue weighted by Crippen LogP contribution is -2.41. The van der Waals surface area contributed by atoms with Crippen LogP contribution in [0.2, 0.25) is 0 Å². The maximum atomic E-state index is 11.4. The van der Waals surface area contributed by atoms with Gasteiger partial charge in [0.25, 0.3) is 5.69 Å². The summed E-state index contributed by atoms with van der Waals surface area (Å²) in [7, 11) is 1.22. The number of nitriles is 1. The van der Waals surface area contributed by atoms with Gasteiger partial charge >= 0.3 is 5.97 Å². The largest absolute Gasteiger partial charge is 0.467 e. The highest BCUT2D eigenvalue weighted by atomic mass is 16.6. The van der Waals surface area contributed by atoms with E-state index in [-0.39, 0.29) is 11.6 Å². The van der Waals surface area contributed by atoms with Crippen LogP contribution in [0.15, 0.2) is 18.2 Å². The molecule has 1 aliphatic heterocycles. The first kappa shape index (κ1) is 16.7. The molecule has 8 heteroatoms. The molecule has 1 atom stereocenters. The maximum Gasteiger partial charge on any atom is 0.334 e. The Morgan fingerprint density at radius 2 is 2.17 bits per heavy atom. The second-order valence-corrected chi connectivity index (χ2v) is 5.36. The first-order valence-electron chi connectivity index (χ1n) is 7.17. The second-order valence-electron chi connectivity index (χ2n) is 5.36. The molecular weight excluding hydrogens is 302 g/mol. The van der Waals surface area contributed by atoms with E-state index in [1.807, 2.05) is 6.07 Å². The number of hydrogen-bond donors (Lipinski definition) is 1. The third kappa shape index (κ3) is 3.57. The van der Waals surface area contributed by atoms with Crippen molar-refractivity contribution in [3.8, 4) is 6.07 Å². The second kappa shape index (κ2) is 7.07. The molecule has 1 heterocycles. The van der Waals surface area contributed by atoms with Crippen LogP contribution in [0, 0.1) is 27.4 Å². The summed E-state index contributed by atoms with van der Waals surface area (Å²) in [4.78, 5) is 23.9. The smallest absolute Gasteiger partial charge is 0.334 e. The van der Waals surface area contributed by atoms with Crippen molar-refractivity contribution in [3.05, 3.63) is 33.9 Å². The van der Waals surface area contributed by atoms with Crippen molar-refractivity contribution in [1.29, 1.82) is 5.26 Å². The lowest BCUT2D eigenvalue weighted by molar-refractivity contribution is -0.384. The molecule has 23 heavy (non-hydrogen) atoms. The summed E-state index contributed by atoms with van der Waals surface area (Å²) in [5, 5.41) is 30.0. The van der Waals surface area contributed by atoms with E-state index >= 15 is 0 Å². The minimum Gasteiger partial charge on any atom is -0.467 e. The van der Waals surface area contributed by atoms with E-state index in [1.165, 1.54) is 25.3 Å². The number of benzene rings is 1. The molecule has 2 rings (SSSR count). The summed E-state index contributed by atoms with van der Waals surface area (Å²) < 4.78 is 4.53. The number of rotatable bonds is 4. The van der Waals surface area contributed by atoms with Crippen molar-refractivity contribution in [1.82, 2.24) is 0 Å². The van der Waals surface area contributed by atoms with E-state index < -0.39 is 17.0 Å². The Morgan fingerprint density at radius 3 is 2.70 bits per heavy atom. The number of carbonyl (C=O) groups excluding carboxylic acids is 1. The Morgan fingerprint density at radius 1 is 1.52 bits per heavy atom. The molecule has 0 unspecified atom stereocenters. The zero-order valence-electron chi connectivity index (χ0n) is 12.6. The van der Waals surface area contributed by atoms with Crippen LogP contribution < -0.4 is 4.90 Å². The molecule has 0 spiro atoms. The predicted octanol–water partition coefficient (Wildman–Crippen LogP) is 1.22. The fourth-order valence-electron chi connectivity index (χ4n) is 2.77. The molecule has 8 nitrogen and oxygen atoms in total. The Labute approximate surface area is 133 Å². The quantitative estimate of drug-likeness (QED) is 0.503. The van der Waals surface area contributed by atoms with Gasteiger partial charge in [-0.3, -0.25) is 10.1 Å². The predicted molar refractivity (Wildman–Crippen MR) is 80.8 cm³/mol. The molecule has 1 aliphatic rings. The van der Waals surface area contributed by atoms with Crippen molar-refractivity contribution in [2.45, 2.75) is 18.9 Å². The Hall–Kier alpha value is -2.66. The van der Waals surface area contributed by atoms with Crippen LogP contribution in [-0.2, 0) is 9.53 Å². The average Bonchev–Trinajstić information content (AvgIpc) is 2.59. The Kier molecular flexibility index (Phi) is 5.13. The van der Waals surface area contributed by atoms with Gasteiger partial charge in [0.1, 0.15) is 5.69 Å². The highest BCUT2D eigenvalue weighted by Crippen LogP contribution is 2.33. The van der Waals surface area contributed by atoms with Crippen LogP contribution in [0.3, 0.4) is 0 Å². The average molecular weight is 319 g/mol. The molecule has 1 saturated heterocycles. The lowest BCUT2D eigenvalue weighted by atomic mass is 9.91. The molecule has 122 valence electrons. The van der Waals surface area contributed by atoms with Gasteiger partial charge < -0.3 is 14.7 Å². The highest BCUT2D eigenvalue weighted by Gasteiger charge is 2.32. The van der Waals surface area contributed by atoms with Crippen LogP contribution in [0.1, 0.15) is 18.4 Å². The third-order valence-electron chi connectivity index (χ3n) is 4.07. The Balaban J connectivity index is 2.15. The van der Waals surface area contributed by atoms with Crippen molar-refractivity contribution >= 4 is 17.3 Å². The number of aliphatic hydroxyl groups excluding tert-OH is 1. The number of nitrogens with zero attached hydrogens (tertiary/aromatic N) is 3. The van der Waals surface area contributed by atoms with Crippen LogP contribution >= 0.6 is 0 Å². The van der Waals surface area contributed by atoms with Crippen LogP contribution in [0.25, 0.3) is 0 Å². The van der Waals surface area contributed by atoms with E-state index in [0.717, 1.165) is 0 Å². The molecule has 1 fully saturated rings.